The smallest absolute Gasteiger partial charge is 0.0169 e. The van der Waals surface area contributed by atoms with Crippen LogP contribution in [0.25, 0.3) is 0 Å². The lowest BCUT2D eigenvalue weighted by molar-refractivity contribution is 0.645. The van der Waals surface area contributed by atoms with Crippen LogP contribution in [-0.2, 0) is 0 Å². The van der Waals surface area contributed by atoms with Gasteiger partial charge in [0.2, 0.25) is 0 Å². The van der Waals surface area contributed by atoms with E-state index in [-0.39, 0.29) is 0 Å². The summed E-state index contributed by atoms with van der Waals surface area (Å²) >= 11 is 0. The summed E-state index contributed by atoms with van der Waals surface area (Å²) in [5, 5.41) is 0. The minimum Gasteiger partial charge on any atom is -0.0882 e. The summed E-state index contributed by atoms with van der Waals surface area (Å²) in [5.41, 5.74) is 0. The molecular formula is C12H19. The van der Waals surface area contributed by atoms with Crippen LogP contribution in [0.2, 0.25) is 0 Å². The average Bonchev–Trinajstić information content (AvgIpc) is 2.05. The molecule has 0 aromatic rings. The Labute approximate surface area is 76.4 Å². The van der Waals surface area contributed by atoms with Crippen molar-refractivity contribution in [2.24, 2.45) is 0 Å². The van der Waals surface area contributed by atoms with E-state index < -0.39 is 0 Å². The summed E-state index contributed by atoms with van der Waals surface area (Å²) in [6.07, 6.45) is 20.5. The van der Waals surface area contributed by atoms with E-state index in [0.717, 1.165) is 6.42 Å². The summed E-state index contributed by atoms with van der Waals surface area (Å²) < 4.78 is 0. The van der Waals surface area contributed by atoms with E-state index in [0.29, 0.717) is 0 Å². The zero-order chi connectivity index (χ0) is 8.49. The van der Waals surface area contributed by atoms with Crippen LogP contribution in [0.3, 0.4) is 0 Å². The predicted molar refractivity (Wildman–Crippen MR) is 54.9 cm³/mol. The van der Waals surface area contributed by atoms with Gasteiger partial charge in [-0.3, -0.25) is 0 Å². The standard InChI is InChI=1S/C12H19/c1-2-4-6-8-10-12-11-9-7-5-3-1/h1-3,6,8H,4-5,7,9-12H2/b2-1+,8-6+. The lowest BCUT2D eigenvalue weighted by Gasteiger charge is -1.99. The van der Waals surface area contributed by atoms with Crippen LogP contribution in [0, 0.1) is 6.42 Å². The fourth-order valence-electron chi connectivity index (χ4n) is 1.44. The van der Waals surface area contributed by atoms with E-state index in [1.165, 1.54) is 38.5 Å². The second-order valence-corrected chi connectivity index (χ2v) is 3.36. The van der Waals surface area contributed by atoms with Gasteiger partial charge in [-0.25, -0.2) is 0 Å². The molecule has 1 rings (SSSR count). The molecule has 1 radical (unpaired) electrons. The fraction of sp³-hybridized carbons (Fsp3) is 0.583. The molecule has 0 bridgehead atoms. The molecule has 0 aliphatic heterocycles. The molecule has 12 heavy (non-hydrogen) atoms. The number of hydrogen-bond acceptors (Lipinski definition) is 0. The normalized spacial score (nSPS) is 26.7. The molecule has 1 aliphatic carbocycles. The first-order valence-electron chi connectivity index (χ1n) is 5.13. The highest BCUT2D eigenvalue weighted by Crippen LogP contribution is 2.08. The number of allylic oxidation sites excluding steroid dienone is 4. The Kier molecular flexibility index (Phi) is 5.70. The van der Waals surface area contributed by atoms with Crippen molar-refractivity contribution >= 4 is 0 Å². The van der Waals surface area contributed by atoms with Crippen molar-refractivity contribution in [3.63, 3.8) is 0 Å². The lowest BCUT2D eigenvalue weighted by Crippen LogP contribution is -1.79. The van der Waals surface area contributed by atoms with Crippen LogP contribution in [0.15, 0.2) is 24.3 Å². The number of rotatable bonds is 0. The van der Waals surface area contributed by atoms with Crippen molar-refractivity contribution in [3.8, 4) is 0 Å². The monoisotopic (exact) mass is 163 g/mol. The minimum absolute atomic E-state index is 1.11. The quantitative estimate of drug-likeness (QED) is 0.473. The molecule has 67 valence electrons. The van der Waals surface area contributed by atoms with Crippen molar-refractivity contribution in [1.29, 1.82) is 0 Å². The fourth-order valence-corrected chi connectivity index (χ4v) is 1.44. The van der Waals surface area contributed by atoms with Gasteiger partial charge in [-0.2, -0.15) is 0 Å². The summed E-state index contributed by atoms with van der Waals surface area (Å²) in [6.45, 7) is 0. The molecule has 0 aromatic carbocycles. The molecule has 0 nitrogen and oxygen atoms in total. The molecule has 0 spiro atoms. The summed E-state index contributed by atoms with van der Waals surface area (Å²) in [5.74, 6) is 0. The van der Waals surface area contributed by atoms with Gasteiger partial charge in [0.25, 0.3) is 0 Å². The van der Waals surface area contributed by atoms with Gasteiger partial charge in [-0.05, 0) is 32.1 Å². The van der Waals surface area contributed by atoms with Crippen LogP contribution in [0.4, 0.5) is 0 Å². The molecule has 0 aromatic heterocycles. The molecule has 1 aliphatic rings. The Morgan fingerprint density at radius 3 is 2.42 bits per heavy atom. The van der Waals surface area contributed by atoms with Gasteiger partial charge < -0.3 is 0 Å². The van der Waals surface area contributed by atoms with Crippen molar-refractivity contribution in [3.05, 3.63) is 30.7 Å². The highest BCUT2D eigenvalue weighted by molar-refractivity contribution is 4.99. The molecule has 0 atom stereocenters. The van der Waals surface area contributed by atoms with E-state index in [1.807, 2.05) is 0 Å². The van der Waals surface area contributed by atoms with Gasteiger partial charge in [0.1, 0.15) is 0 Å². The molecule has 0 heterocycles. The van der Waals surface area contributed by atoms with Gasteiger partial charge >= 0.3 is 0 Å². The summed E-state index contributed by atoms with van der Waals surface area (Å²) in [7, 11) is 0. The molecule has 0 N–H and O–H groups in total. The van der Waals surface area contributed by atoms with Crippen molar-refractivity contribution in [1.82, 2.24) is 0 Å². The molecule has 0 heteroatoms. The van der Waals surface area contributed by atoms with Crippen molar-refractivity contribution in [2.45, 2.75) is 44.9 Å². The van der Waals surface area contributed by atoms with Crippen LogP contribution in [-0.4, -0.2) is 0 Å². The Bertz CT molecular complexity index is 126. The third-order valence-corrected chi connectivity index (χ3v) is 2.20. The Morgan fingerprint density at radius 2 is 1.50 bits per heavy atom. The van der Waals surface area contributed by atoms with Crippen molar-refractivity contribution in [2.75, 3.05) is 0 Å². The topological polar surface area (TPSA) is 0 Å². The van der Waals surface area contributed by atoms with Crippen LogP contribution >= 0.6 is 0 Å². The van der Waals surface area contributed by atoms with Gasteiger partial charge in [-0.15, -0.1) is 0 Å². The van der Waals surface area contributed by atoms with E-state index >= 15 is 0 Å². The Balaban J connectivity index is 2.20. The first-order chi connectivity index (χ1) is 6.00. The minimum atomic E-state index is 1.11. The predicted octanol–water partition coefficient (Wildman–Crippen LogP) is 4.05. The lowest BCUT2D eigenvalue weighted by atomic mass is 10.1. The third-order valence-electron chi connectivity index (χ3n) is 2.20. The summed E-state index contributed by atoms with van der Waals surface area (Å²) in [4.78, 5) is 0. The highest BCUT2D eigenvalue weighted by Gasteiger charge is 1.89. The van der Waals surface area contributed by atoms with E-state index in [2.05, 4.69) is 30.7 Å². The van der Waals surface area contributed by atoms with E-state index in [1.54, 1.807) is 0 Å². The molecule has 0 amide bonds. The molecule has 0 saturated heterocycles. The molecule has 0 unspecified atom stereocenters. The maximum Gasteiger partial charge on any atom is -0.0169 e. The molecule has 0 fully saturated rings. The molecular weight excluding hydrogens is 144 g/mol. The van der Waals surface area contributed by atoms with Crippen molar-refractivity contribution < 1.29 is 0 Å². The van der Waals surface area contributed by atoms with Gasteiger partial charge in [-0.1, -0.05) is 43.6 Å². The molecule has 0 saturated carbocycles. The average molecular weight is 163 g/mol. The second kappa shape index (κ2) is 7.15. The number of hydrogen-bond donors (Lipinski definition) is 0. The largest absolute Gasteiger partial charge is 0.0882 e. The zero-order valence-corrected chi connectivity index (χ0v) is 7.84. The third kappa shape index (κ3) is 5.17. The SMILES string of the molecule is [CH]1/C=C/C/C=C/CCCCCC1. The first kappa shape index (κ1) is 9.57. The van der Waals surface area contributed by atoms with Crippen LogP contribution in [0.5, 0.6) is 0 Å². The second-order valence-electron chi connectivity index (χ2n) is 3.36. The van der Waals surface area contributed by atoms with Gasteiger partial charge in [0, 0.05) is 0 Å². The first-order valence-corrected chi connectivity index (χ1v) is 5.13. The van der Waals surface area contributed by atoms with Gasteiger partial charge in [0.05, 0.1) is 0 Å². The Morgan fingerprint density at radius 1 is 0.667 bits per heavy atom. The Hall–Kier alpha value is -0.520. The maximum atomic E-state index is 2.31. The zero-order valence-electron chi connectivity index (χ0n) is 7.84. The van der Waals surface area contributed by atoms with Crippen LogP contribution < -0.4 is 0 Å². The highest BCUT2D eigenvalue weighted by atomic mass is 14.0. The maximum absolute atomic E-state index is 2.31. The van der Waals surface area contributed by atoms with Crippen LogP contribution in [0.1, 0.15) is 44.9 Å². The summed E-state index contributed by atoms with van der Waals surface area (Å²) in [6, 6.07) is 0. The van der Waals surface area contributed by atoms with Gasteiger partial charge in [0.15, 0.2) is 0 Å². The van der Waals surface area contributed by atoms with E-state index in [9.17, 15) is 0 Å². The van der Waals surface area contributed by atoms with E-state index in [4.69, 9.17) is 0 Å².